The molecule has 116 valence electrons. The summed E-state index contributed by atoms with van der Waals surface area (Å²) in [7, 11) is 1.31. The van der Waals surface area contributed by atoms with Crippen LogP contribution >= 0.6 is 0 Å². The Morgan fingerprint density at radius 2 is 1.73 bits per heavy atom. The van der Waals surface area contributed by atoms with Gasteiger partial charge >= 0.3 is 11.7 Å². The molecule has 2 N–H and O–H groups in total. The first-order valence-electron chi connectivity index (χ1n) is 6.16. The third kappa shape index (κ3) is 4.78. The minimum absolute atomic E-state index is 0.137. The molecule has 0 aliphatic heterocycles. The molecule has 7 heteroatoms. The summed E-state index contributed by atoms with van der Waals surface area (Å²) in [5.41, 5.74) is 0.949. The number of carbonyl (C=O) groups is 1. The number of ether oxygens (including phenoxy) is 1. The number of benzene rings is 2. The van der Waals surface area contributed by atoms with E-state index in [2.05, 4.69) is 4.74 Å². The normalized spacial score (nSPS) is 9.36. The molecule has 0 bridgehead atoms. The summed E-state index contributed by atoms with van der Waals surface area (Å²) >= 11 is 0. The quantitative estimate of drug-likeness (QED) is 0.501. The number of aromatic hydroxyl groups is 2. The molecule has 0 amide bonds. The summed E-state index contributed by atoms with van der Waals surface area (Å²) in [4.78, 5) is 20.4. The van der Waals surface area contributed by atoms with Gasteiger partial charge in [0.2, 0.25) is 0 Å². The van der Waals surface area contributed by atoms with Crippen molar-refractivity contribution in [3.05, 3.63) is 63.7 Å². The Balaban J connectivity index is 0.000000220. The van der Waals surface area contributed by atoms with E-state index in [0.717, 1.165) is 5.56 Å². The van der Waals surface area contributed by atoms with E-state index < -0.39 is 10.9 Å². The number of aryl methyl sites for hydroxylation is 1. The average molecular weight is 305 g/mol. The second-order valence-electron chi connectivity index (χ2n) is 4.29. The lowest BCUT2D eigenvalue weighted by molar-refractivity contribution is -0.385. The molecular weight excluding hydrogens is 290 g/mol. The molecular formula is C15H15NO6. The highest BCUT2D eigenvalue weighted by Crippen LogP contribution is 2.25. The lowest BCUT2D eigenvalue weighted by Crippen LogP contribution is -1.99. The van der Waals surface area contributed by atoms with Crippen LogP contribution in [0.1, 0.15) is 15.9 Å². The maximum absolute atomic E-state index is 10.8. The summed E-state index contributed by atoms with van der Waals surface area (Å²) in [5.74, 6) is -0.553. The molecule has 0 aliphatic carbocycles. The van der Waals surface area contributed by atoms with E-state index >= 15 is 0 Å². The van der Waals surface area contributed by atoms with Gasteiger partial charge in [0, 0.05) is 6.07 Å². The van der Waals surface area contributed by atoms with Gasteiger partial charge in [-0.05, 0) is 42.8 Å². The lowest BCUT2D eigenvalue weighted by Gasteiger charge is -1.97. The first-order chi connectivity index (χ1) is 10.3. The number of carbonyl (C=O) groups excluding carboxylic acids is 1. The van der Waals surface area contributed by atoms with E-state index in [1.165, 1.54) is 43.5 Å². The van der Waals surface area contributed by atoms with Crippen LogP contribution in [0.5, 0.6) is 11.5 Å². The Kier molecular flexibility index (Phi) is 5.88. The summed E-state index contributed by atoms with van der Waals surface area (Å²) in [6, 6.07) is 10.1. The number of esters is 1. The van der Waals surface area contributed by atoms with Crippen molar-refractivity contribution in [2.24, 2.45) is 0 Å². The smallest absolute Gasteiger partial charge is 0.337 e. The molecule has 0 saturated heterocycles. The summed E-state index contributed by atoms with van der Waals surface area (Å²) < 4.78 is 4.46. The molecule has 0 fully saturated rings. The number of phenols is 2. The van der Waals surface area contributed by atoms with Gasteiger partial charge in [-0.2, -0.15) is 0 Å². The SMILES string of the molecule is COC(=O)c1ccc(O)cc1.Cc1ccc(O)c([N+](=O)[O-])c1. The average Bonchev–Trinajstić information content (AvgIpc) is 2.50. The van der Waals surface area contributed by atoms with Crippen LogP contribution in [0.15, 0.2) is 42.5 Å². The molecule has 7 nitrogen and oxygen atoms in total. The highest BCUT2D eigenvalue weighted by molar-refractivity contribution is 5.89. The first-order valence-corrected chi connectivity index (χ1v) is 6.16. The van der Waals surface area contributed by atoms with Gasteiger partial charge in [0.05, 0.1) is 17.6 Å². The summed E-state index contributed by atoms with van der Waals surface area (Å²) in [5, 5.41) is 28.0. The van der Waals surface area contributed by atoms with Gasteiger partial charge in [-0.3, -0.25) is 10.1 Å². The first kappa shape index (κ1) is 17.0. The standard InChI is InChI=1S/C8H8O3.C7H7NO3/c1-11-8(10)6-2-4-7(9)5-3-6;1-5-2-3-7(9)6(4-5)8(10)11/h2-5,9H,1H3;2-4,9H,1H3. The third-order valence-corrected chi connectivity index (χ3v) is 2.62. The molecule has 0 unspecified atom stereocenters. The van der Waals surface area contributed by atoms with Crippen molar-refractivity contribution in [1.82, 2.24) is 0 Å². The number of nitro groups is 1. The van der Waals surface area contributed by atoms with E-state index in [1.807, 2.05) is 0 Å². The van der Waals surface area contributed by atoms with Gasteiger partial charge in [0.15, 0.2) is 5.75 Å². The minimum Gasteiger partial charge on any atom is -0.508 e. The molecule has 2 aromatic carbocycles. The molecule has 0 atom stereocenters. The number of nitrogens with zero attached hydrogens (tertiary/aromatic N) is 1. The highest BCUT2D eigenvalue weighted by Gasteiger charge is 2.11. The van der Waals surface area contributed by atoms with E-state index in [1.54, 1.807) is 13.0 Å². The lowest BCUT2D eigenvalue weighted by atomic mass is 10.2. The van der Waals surface area contributed by atoms with Crippen LogP contribution in [0.3, 0.4) is 0 Å². The zero-order valence-corrected chi connectivity index (χ0v) is 12.0. The van der Waals surface area contributed by atoms with E-state index in [9.17, 15) is 14.9 Å². The number of hydrogen-bond acceptors (Lipinski definition) is 6. The molecule has 0 saturated carbocycles. The van der Waals surface area contributed by atoms with Crippen LogP contribution in [-0.4, -0.2) is 28.2 Å². The zero-order valence-electron chi connectivity index (χ0n) is 12.0. The van der Waals surface area contributed by atoms with Crippen LogP contribution in [0.25, 0.3) is 0 Å². The topological polar surface area (TPSA) is 110 Å². The van der Waals surface area contributed by atoms with E-state index in [0.29, 0.717) is 5.56 Å². The maximum Gasteiger partial charge on any atom is 0.337 e. The van der Waals surface area contributed by atoms with Gasteiger partial charge in [-0.1, -0.05) is 6.07 Å². The highest BCUT2D eigenvalue weighted by atomic mass is 16.6. The van der Waals surface area contributed by atoms with Crippen LogP contribution < -0.4 is 0 Å². The van der Waals surface area contributed by atoms with Gasteiger partial charge in [0.1, 0.15) is 5.75 Å². The fraction of sp³-hybridized carbons (Fsp3) is 0.133. The van der Waals surface area contributed by atoms with Crippen molar-refractivity contribution in [3.63, 3.8) is 0 Å². The van der Waals surface area contributed by atoms with Gasteiger partial charge in [0.25, 0.3) is 0 Å². The zero-order chi connectivity index (χ0) is 16.7. The third-order valence-electron chi connectivity index (χ3n) is 2.62. The van der Waals surface area contributed by atoms with Crippen LogP contribution in [-0.2, 0) is 4.74 Å². The maximum atomic E-state index is 10.8. The van der Waals surface area contributed by atoms with Crippen LogP contribution in [0, 0.1) is 17.0 Å². The fourth-order valence-corrected chi connectivity index (χ4v) is 1.50. The second kappa shape index (κ2) is 7.63. The van der Waals surface area contributed by atoms with E-state index in [4.69, 9.17) is 10.2 Å². The number of phenolic OH excluding ortho intramolecular Hbond substituents is 2. The van der Waals surface area contributed by atoms with Crippen molar-refractivity contribution in [3.8, 4) is 11.5 Å². The number of methoxy groups -OCH3 is 1. The predicted octanol–water partition coefficient (Wildman–Crippen LogP) is 2.79. The van der Waals surface area contributed by atoms with Gasteiger partial charge in [-0.15, -0.1) is 0 Å². The van der Waals surface area contributed by atoms with Crippen molar-refractivity contribution in [2.45, 2.75) is 6.92 Å². The van der Waals surface area contributed by atoms with Crippen molar-refractivity contribution in [1.29, 1.82) is 0 Å². The van der Waals surface area contributed by atoms with Gasteiger partial charge in [-0.25, -0.2) is 4.79 Å². The molecule has 0 radical (unpaired) electrons. The molecule has 2 aromatic rings. The summed E-state index contributed by atoms with van der Waals surface area (Å²) in [6.45, 7) is 1.73. The van der Waals surface area contributed by atoms with Crippen molar-refractivity contribution < 1.29 is 24.7 Å². The predicted molar refractivity (Wildman–Crippen MR) is 78.9 cm³/mol. The molecule has 2 rings (SSSR count). The van der Waals surface area contributed by atoms with E-state index in [-0.39, 0.29) is 17.2 Å². The van der Waals surface area contributed by atoms with Crippen molar-refractivity contribution >= 4 is 11.7 Å². The monoisotopic (exact) mass is 305 g/mol. The summed E-state index contributed by atoms with van der Waals surface area (Å²) in [6.07, 6.45) is 0. The molecule has 0 spiro atoms. The Morgan fingerprint density at radius 3 is 2.18 bits per heavy atom. The number of nitro benzene ring substituents is 1. The Morgan fingerprint density at radius 1 is 1.14 bits per heavy atom. The largest absolute Gasteiger partial charge is 0.508 e. The van der Waals surface area contributed by atoms with Crippen molar-refractivity contribution in [2.75, 3.05) is 7.11 Å². The van der Waals surface area contributed by atoms with Crippen LogP contribution in [0.2, 0.25) is 0 Å². The minimum atomic E-state index is -0.609. The Labute approximate surface area is 126 Å². The number of hydrogen-bond donors (Lipinski definition) is 2. The van der Waals surface area contributed by atoms with Crippen LogP contribution in [0.4, 0.5) is 5.69 Å². The Bertz CT molecular complexity index is 666. The van der Waals surface area contributed by atoms with Gasteiger partial charge < -0.3 is 14.9 Å². The Hall–Kier alpha value is -3.09. The number of rotatable bonds is 2. The molecule has 22 heavy (non-hydrogen) atoms. The fourth-order valence-electron chi connectivity index (χ4n) is 1.50. The molecule has 0 heterocycles. The second-order valence-corrected chi connectivity index (χ2v) is 4.29. The molecule has 0 aliphatic rings. The molecule has 0 aromatic heterocycles.